The summed E-state index contributed by atoms with van der Waals surface area (Å²) in [6.07, 6.45) is 2.37. The van der Waals surface area contributed by atoms with Crippen molar-refractivity contribution in [2.24, 2.45) is 16.6 Å². The molecule has 3 heteroatoms. The molecule has 3 nitrogen and oxygen atoms in total. The molecule has 1 aliphatic heterocycles. The van der Waals surface area contributed by atoms with E-state index < -0.39 is 0 Å². The van der Waals surface area contributed by atoms with Crippen LogP contribution in [0.1, 0.15) is 50.7 Å². The van der Waals surface area contributed by atoms with Crippen molar-refractivity contribution in [2.45, 2.75) is 45.1 Å². The minimum Gasteiger partial charge on any atom is -0.370 e. The lowest BCUT2D eigenvalue weighted by molar-refractivity contribution is 0.152. The molecule has 1 aliphatic carbocycles. The predicted octanol–water partition coefficient (Wildman–Crippen LogP) is 3.07. The first-order valence-corrected chi connectivity index (χ1v) is 7.71. The van der Waals surface area contributed by atoms with Crippen LogP contribution in [0, 0.1) is 5.92 Å². The quantitative estimate of drug-likeness (QED) is 0.898. The van der Waals surface area contributed by atoms with Crippen LogP contribution in [0.4, 0.5) is 0 Å². The van der Waals surface area contributed by atoms with E-state index in [9.17, 15) is 0 Å². The highest BCUT2D eigenvalue weighted by Gasteiger charge is 2.47. The van der Waals surface area contributed by atoms with Crippen molar-refractivity contribution < 1.29 is 0 Å². The number of hydrogen-bond acceptors (Lipinski definition) is 3. The summed E-state index contributed by atoms with van der Waals surface area (Å²) in [7, 11) is 0. The van der Waals surface area contributed by atoms with Crippen molar-refractivity contribution in [3.05, 3.63) is 35.4 Å². The Kier molecular flexibility index (Phi) is 3.23. The lowest BCUT2D eigenvalue weighted by Gasteiger charge is -2.45. The van der Waals surface area contributed by atoms with E-state index in [1.54, 1.807) is 0 Å². The topological polar surface area (TPSA) is 41.6 Å². The fourth-order valence-electron chi connectivity index (χ4n) is 3.78. The van der Waals surface area contributed by atoms with Crippen molar-refractivity contribution >= 4 is 5.96 Å². The maximum absolute atomic E-state index is 6.20. The van der Waals surface area contributed by atoms with Gasteiger partial charge in [0.1, 0.15) is 0 Å². The number of hydrogen-bond donors (Lipinski definition) is 1. The average Bonchev–Trinajstić information content (AvgIpc) is 2.73. The molecular formula is C17H25N3. The van der Waals surface area contributed by atoms with Crippen molar-refractivity contribution in [1.82, 2.24) is 4.90 Å². The lowest BCUT2D eigenvalue weighted by Crippen LogP contribution is -2.52. The van der Waals surface area contributed by atoms with Crippen LogP contribution >= 0.6 is 0 Å². The molecule has 2 aliphatic rings. The second kappa shape index (κ2) is 4.80. The van der Waals surface area contributed by atoms with Gasteiger partial charge in [-0.15, -0.1) is 0 Å². The molecule has 0 amide bonds. The van der Waals surface area contributed by atoms with Crippen LogP contribution in [-0.4, -0.2) is 23.9 Å². The molecule has 1 aromatic rings. The molecule has 0 fully saturated rings. The largest absolute Gasteiger partial charge is 0.370 e. The smallest absolute Gasteiger partial charge is 0.192 e. The van der Waals surface area contributed by atoms with E-state index in [1.165, 1.54) is 17.5 Å². The van der Waals surface area contributed by atoms with Crippen LogP contribution in [0.3, 0.4) is 0 Å². The molecular weight excluding hydrogens is 246 g/mol. The Morgan fingerprint density at radius 1 is 1.40 bits per heavy atom. The molecule has 0 saturated heterocycles. The zero-order chi connectivity index (χ0) is 14.3. The molecule has 0 bridgehead atoms. The standard InChI is InChI=1S/C17H25N3/c1-12(2)10-20-16(18)19-11-17(20)9-8-13(3)14-6-4-5-7-15(14)17/h4-7,12-13H,8-11H2,1-3H3,(H2,18,19). The van der Waals surface area contributed by atoms with Gasteiger partial charge in [-0.3, -0.25) is 4.99 Å². The van der Waals surface area contributed by atoms with Crippen LogP contribution in [0.5, 0.6) is 0 Å². The number of benzene rings is 1. The Morgan fingerprint density at radius 2 is 2.15 bits per heavy atom. The lowest BCUT2D eigenvalue weighted by atomic mass is 9.71. The van der Waals surface area contributed by atoms with Gasteiger partial charge >= 0.3 is 0 Å². The Bertz CT molecular complexity index is 535. The molecule has 2 N–H and O–H groups in total. The molecule has 0 aromatic heterocycles. The van der Waals surface area contributed by atoms with E-state index in [-0.39, 0.29) is 5.54 Å². The van der Waals surface area contributed by atoms with Crippen molar-refractivity contribution in [1.29, 1.82) is 0 Å². The first-order chi connectivity index (χ1) is 9.54. The predicted molar refractivity (Wildman–Crippen MR) is 83.8 cm³/mol. The molecule has 3 rings (SSSR count). The summed E-state index contributed by atoms with van der Waals surface area (Å²) >= 11 is 0. The third kappa shape index (κ3) is 1.91. The Labute approximate surface area is 121 Å². The van der Waals surface area contributed by atoms with Crippen LogP contribution in [0.15, 0.2) is 29.3 Å². The van der Waals surface area contributed by atoms with Gasteiger partial charge in [-0.25, -0.2) is 0 Å². The first kappa shape index (κ1) is 13.5. The number of nitrogens with two attached hydrogens (primary N) is 1. The minimum absolute atomic E-state index is 0.0114. The van der Waals surface area contributed by atoms with E-state index in [0.29, 0.717) is 11.8 Å². The van der Waals surface area contributed by atoms with Gasteiger partial charge in [0, 0.05) is 6.54 Å². The zero-order valence-electron chi connectivity index (χ0n) is 12.8. The first-order valence-electron chi connectivity index (χ1n) is 7.71. The molecule has 2 unspecified atom stereocenters. The number of rotatable bonds is 2. The van der Waals surface area contributed by atoms with Gasteiger partial charge < -0.3 is 10.6 Å². The van der Waals surface area contributed by atoms with Gasteiger partial charge in [0.05, 0.1) is 12.1 Å². The summed E-state index contributed by atoms with van der Waals surface area (Å²) < 4.78 is 0. The van der Waals surface area contributed by atoms with Gasteiger partial charge in [0.25, 0.3) is 0 Å². The second-order valence-corrected chi connectivity index (χ2v) is 6.74. The van der Waals surface area contributed by atoms with Gasteiger partial charge in [0.15, 0.2) is 5.96 Å². The van der Waals surface area contributed by atoms with Gasteiger partial charge in [-0.2, -0.15) is 0 Å². The fraction of sp³-hybridized carbons (Fsp3) is 0.588. The highest BCUT2D eigenvalue weighted by Crippen LogP contribution is 2.47. The molecule has 2 atom stereocenters. The number of fused-ring (bicyclic) bond motifs is 2. The van der Waals surface area contributed by atoms with Crippen molar-refractivity contribution in [3.63, 3.8) is 0 Å². The minimum atomic E-state index is 0.0114. The number of guanidine groups is 1. The molecule has 1 heterocycles. The highest BCUT2D eigenvalue weighted by molar-refractivity contribution is 5.81. The van der Waals surface area contributed by atoms with E-state index in [1.807, 2.05) is 0 Å². The maximum Gasteiger partial charge on any atom is 0.192 e. The van der Waals surface area contributed by atoms with E-state index >= 15 is 0 Å². The maximum atomic E-state index is 6.20. The molecule has 1 aromatic carbocycles. The van der Waals surface area contributed by atoms with Crippen LogP contribution in [0.2, 0.25) is 0 Å². The zero-order valence-corrected chi connectivity index (χ0v) is 12.8. The van der Waals surface area contributed by atoms with Gasteiger partial charge in [-0.1, -0.05) is 45.0 Å². The van der Waals surface area contributed by atoms with E-state index in [2.05, 4.69) is 54.9 Å². The van der Waals surface area contributed by atoms with Gasteiger partial charge in [0.2, 0.25) is 0 Å². The summed E-state index contributed by atoms with van der Waals surface area (Å²) in [4.78, 5) is 6.96. The summed E-state index contributed by atoms with van der Waals surface area (Å²) in [5, 5.41) is 0. The summed E-state index contributed by atoms with van der Waals surface area (Å²) in [5.41, 5.74) is 9.14. The summed E-state index contributed by atoms with van der Waals surface area (Å²) in [6, 6.07) is 8.87. The summed E-state index contributed by atoms with van der Waals surface area (Å²) in [6.45, 7) is 8.62. The Morgan fingerprint density at radius 3 is 2.90 bits per heavy atom. The monoisotopic (exact) mass is 271 g/mol. The number of nitrogens with zero attached hydrogens (tertiary/aromatic N) is 2. The number of aliphatic imine (C=N–C) groups is 1. The molecule has 108 valence electrons. The third-order valence-electron chi connectivity index (χ3n) is 4.83. The molecule has 20 heavy (non-hydrogen) atoms. The molecule has 0 radical (unpaired) electrons. The third-order valence-corrected chi connectivity index (χ3v) is 4.83. The Hall–Kier alpha value is -1.51. The van der Waals surface area contributed by atoms with Gasteiger partial charge in [-0.05, 0) is 35.8 Å². The Balaban J connectivity index is 2.06. The normalized spacial score (nSPS) is 28.9. The van der Waals surface area contributed by atoms with Crippen LogP contribution in [0.25, 0.3) is 0 Å². The summed E-state index contributed by atoms with van der Waals surface area (Å²) in [5.74, 6) is 1.95. The van der Waals surface area contributed by atoms with Crippen LogP contribution in [-0.2, 0) is 5.54 Å². The van der Waals surface area contributed by atoms with E-state index in [4.69, 9.17) is 5.73 Å². The SMILES string of the molecule is CC(C)CN1C(N)=NCC12CCC(C)c1ccccc12. The second-order valence-electron chi connectivity index (χ2n) is 6.74. The van der Waals surface area contributed by atoms with Crippen molar-refractivity contribution in [3.8, 4) is 0 Å². The molecule has 1 spiro atoms. The highest BCUT2D eigenvalue weighted by atomic mass is 15.4. The van der Waals surface area contributed by atoms with E-state index in [0.717, 1.165) is 25.5 Å². The molecule has 0 saturated carbocycles. The average molecular weight is 271 g/mol. The van der Waals surface area contributed by atoms with Crippen molar-refractivity contribution in [2.75, 3.05) is 13.1 Å². The fourth-order valence-corrected chi connectivity index (χ4v) is 3.78. The van der Waals surface area contributed by atoms with Crippen LogP contribution < -0.4 is 5.73 Å².